The first kappa shape index (κ1) is 42.9. The van der Waals surface area contributed by atoms with E-state index in [0.717, 1.165) is 72.6 Å². The fourth-order valence-corrected chi connectivity index (χ4v) is 10.8. The first-order valence-corrected chi connectivity index (χ1v) is 25.1. The lowest BCUT2D eigenvalue weighted by molar-refractivity contribution is 1.07. The lowest BCUT2D eigenvalue weighted by Gasteiger charge is -2.14. The van der Waals surface area contributed by atoms with Crippen LogP contribution in [0.5, 0.6) is 0 Å². The molecule has 0 radical (unpaired) electrons. The molecule has 14 rings (SSSR count). The summed E-state index contributed by atoms with van der Waals surface area (Å²) in [4.78, 5) is 15.5. The summed E-state index contributed by atoms with van der Waals surface area (Å²) in [5.74, 6) is 1.85. The second kappa shape index (κ2) is 18.0. The highest BCUT2D eigenvalue weighted by atomic mass is 15.0. The fraction of sp³-hybridized carbons (Fsp3) is 0. The SMILES string of the molecule is c1ccc(-c2nc(-c3ccccc3)nc(-c3cc(-c4cccc(-c5ccc6c7ccccc7n(-c7ccccc7)c6c5)c4)cc(-c4cccc(-c5ccc6c7ccccc7n(-c7ccccc7)c6c5)c4)c3)n2)cc1. The maximum Gasteiger partial charge on any atom is 0.164 e. The number of aromatic nitrogens is 5. The molecule has 14 aromatic rings. The Bertz CT molecular complexity index is 4130. The van der Waals surface area contributed by atoms with Crippen molar-refractivity contribution in [2.45, 2.75) is 0 Å². The molecule has 11 aromatic carbocycles. The zero-order chi connectivity index (χ0) is 49.0. The average Bonchev–Trinajstić information content (AvgIpc) is 4.00. The first-order chi connectivity index (χ1) is 36.7. The smallest absolute Gasteiger partial charge is 0.164 e. The van der Waals surface area contributed by atoms with Gasteiger partial charge in [0, 0.05) is 49.6 Å². The summed E-state index contributed by atoms with van der Waals surface area (Å²) < 4.78 is 4.76. The Balaban J connectivity index is 0.936. The fourth-order valence-electron chi connectivity index (χ4n) is 10.8. The topological polar surface area (TPSA) is 48.5 Å². The molecule has 0 amide bonds. The molecule has 0 N–H and O–H groups in total. The second-order valence-corrected chi connectivity index (χ2v) is 18.8. The first-order valence-electron chi connectivity index (χ1n) is 25.1. The monoisotopic (exact) mass is 943 g/mol. The zero-order valence-corrected chi connectivity index (χ0v) is 40.2. The molecule has 0 unspecified atom stereocenters. The highest BCUT2D eigenvalue weighted by molar-refractivity contribution is 6.11. The van der Waals surface area contributed by atoms with Crippen LogP contribution in [0.4, 0.5) is 0 Å². The Labute approximate surface area is 428 Å². The van der Waals surface area contributed by atoms with Crippen molar-refractivity contribution >= 4 is 43.6 Å². The van der Waals surface area contributed by atoms with Gasteiger partial charge < -0.3 is 9.13 Å². The van der Waals surface area contributed by atoms with Crippen LogP contribution in [-0.4, -0.2) is 24.1 Å². The van der Waals surface area contributed by atoms with Gasteiger partial charge in [-0.3, -0.25) is 0 Å². The van der Waals surface area contributed by atoms with E-state index in [4.69, 9.17) is 15.0 Å². The Hall–Kier alpha value is -9.97. The van der Waals surface area contributed by atoms with Crippen LogP contribution in [0.25, 0.3) is 134 Å². The molecule has 0 fully saturated rings. The maximum atomic E-state index is 5.23. The van der Waals surface area contributed by atoms with Crippen LogP contribution < -0.4 is 0 Å². The van der Waals surface area contributed by atoms with Gasteiger partial charge in [0.2, 0.25) is 0 Å². The average molecular weight is 944 g/mol. The Kier molecular flexibility index (Phi) is 10.4. The molecular weight excluding hydrogens is 899 g/mol. The van der Waals surface area contributed by atoms with E-state index < -0.39 is 0 Å². The van der Waals surface area contributed by atoms with Crippen LogP contribution in [-0.2, 0) is 0 Å². The molecule has 0 saturated carbocycles. The molecule has 3 aromatic heterocycles. The molecule has 5 heteroatoms. The minimum absolute atomic E-state index is 0.603. The highest BCUT2D eigenvalue weighted by Gasteiger charge is 2.18. The Morgan fingerprint density at radius 2 is 0.486 bits per heavy atom. The van der Waals surface area contributed by atoms with E-state index in [1.165, 1.54) is 43.6 Å². The normalized spacial score (nSPS) is 11.5. The second-order valence-electron chi connectivity index (χ2n) is 18.8. The minimum Gasteiger partial charge on any atom is -0.309 e. The van der Waals surface area contributed by atoms with Crippen molar-refractivity contribution in [2.24, 2.45) is 0 Å². The molecule has 0 bridgehead atoms. The highest BCUT2D eigenvalue weighted by Crippen LogP contribution is 2.40. The van der Waals surface area contributed by atoms with Gasteiger partial charge in [-0.1, -0.05) is 194 Å². The summed E-state index contributed by atoms with van der Waals surface area (Å²) in [6, 6.07) is 97.4. The number of hydrogen-bond donors (Lipinski definition) is 0. The van der Waals surface area contributed by atoms with Gasteiger partial charge in [-0.25, -0.2) is 15.0 Å². The van der Waals surface area contributed by atoms with Crippen LogP contribution >= 0.6 is 0 Å². The molecule has 0 aliphatic rings. The van der Waals surface area contributed by atoms with E-state index in [2.05, 4.69) is 246 Å². The van der Waals surface area contributed by atoms with E-state index in [9.17, 15) is 0 Å². The number of para-hydroxylation sites is 4. The number of fused-ring (bicyclic) bond motifs is 6. The standard InChI is InChI=1S/C69H45N5/c1-5-19-46(20-6-1)67-70-68(47-21-7-2-8-22-47)72-69(71-67)56-42-54(50-25-17-23-48(39-50)52-35-37-61-59-31-13-15-33-63(59)73(65(61)44-52)57-27-9-3-10-28-57)41-55(43-56)51-26-18-24-49(40-51)53-36-38-62-60-32-14-16-34-64(60)74(66(62)45-53)58-29-11-4-12-30-58/h1-45H. The van der Waals surface area contributed by atoms with Gasteiger partial charge in [0.05, 0.1) is 22.1 Å². The van der Waals surface area contributed by atoms with E-state index in [-0.39, 0.29) is 0 Å². The van der Waals surface area contributed by atoms with E-state index in [1.807, 2.05) is 36.4 Å². The van der Waals surface area contributed by atoms with Gasteiger partial charge in [-0.15, -0.1) is 0 Å². The molecular formula is C69H45N5. The molecule has 0 saturated heterocycles. The summed E-state index contributed by atoms with van der Waals surface area (Å²) >= 11 is 0. The molecule has 0 atom stereocenters. The molecule has 0 aliphatic carbocycles. The van der Waals surface area contributed by atoms with Crippen LogP contribution in [0.1, 0.15) is 0 Å². The summed E-state index contributed by atoms with van der Waals surface area (Å²) in [5.41, 5.74) is 18.6. The van der Waals surface area contributed by atoms with Gasteiger partial charge in [0.1, 0.15) is 0 Å². The van der Waals surface area contributed by atoms with Crippen LogP contribution in [0.15, 0.2) is 273 Å². The van der Waals surface area contributed by atoms with E-state index in [1.54, 1.807) is 0 Å². The van der Waals surface area contributed by atoms with Crippen molar-refractivity contribution in [2.75, 3.05) is 0 Å². The van der Waals surface area contributed by atoms with E-state index >= 15 is 0 Å². The zero-order valence-electron chi connectivity index (χ0n) is 40.2. The van der Waals surface area contributed by atoms with Crippen molar-refractivity contribution in [3.8, 4) is 90.0 Å². The van der Waals surface area contributed by atoms with Crippen LogP contribution in [0, 0.1) is 0 Å². The lowest BCUT2D eigenvalue weighted by Crippen LogP contribution is -2.00. The summed E-state index contributed by atoms with van der Waals surface area (Å²) in [7, 11) is 0. The van der Waals surface area contributed by atoms with Gasteiger partial charge in [0.25, 0.3) is 0 Å². The molecule has 3 heterocycles. The lowest BCUT2D eigenvalue weighted by atomic mass is 9.92. The Morgan fingerprint density at radius 1 is 0.189 bits per heavy atom. The maximum absolute atomic E-state index is 5.23. The van der Waals surface area contributed by atoms with Gasteiger partial charge in [-0.2, -0.15) is 0 Å². The number of nitrogens with zero attached hydrogens (tertiary/aromatic N) is 5. The van der Waals surface area contributed by atoms with Crippen molar-refractivity contribution in [1.29, 1.82) is 0 Å². The predicted molar refractivity (Wildman–Crippen MR) is 307 cm³/mol. The molecule has 0 aliphatic heterocycles. The van der Waals surface area contributed by atoms with Crippen LogP contribution in [0.2, 0.25) is 0 Å². The molecule has 5 nitrogen and oxygen atoms in total. The van der Waals surface area contributed by atoms with Gasteiger partial charge >= 0.3 is 0 Å². The minimum atomic E-state index is 0.603. The largest absolute Gasteiger partial charge is 0.309 e. The van der Waals surface area contributed by atoms with Crippen molar-refractivity contribution in [3.63, 3.8) is 0 Å². The number of hydrogen-bond acceptors (Lipinski definition) is 3. The summed E-state index contributed by atoms with van der Waals surface area (Å²) in [6.45, 7) is 0. The molecule has 346 valence electrons. The number of benzene rings is 11. The predicted octanol–water partition coefficient (Wildman–Crippen LogP) is 17.7. The molecule has 74 heavy (non-hydrogen) atoms. The van der Waals surface area contributed by atoms with Crippen molar-refractivity contribution < 1.29 is 0 Å². The van der Waals surface area contributed by atoms with Crippen molar-refractivity contribution in [3.05, 3.63) is 273 Å². The third-order valence-corrected chi connectivity index (χ3v) is 14.3. The number of rotatable bonds is 9. The van der Waals surface area contributed by atoms with E-state index in [0.29, 0.717) is 17.5 Å². The third kappa shape index (κ3) is 7.63. The third-order valence-electron chi connectivity index (χ3n) is 14.3. The van der Waals surface area contributed by atoms with Crippen LogP contribution in [0.3, 0.4) is 0 Å². The quantitative estimate of drug-likeness (QED) is 0.145. The van der Waals surface area contributed by atoms with Gasteiger partial charge in [0.15, 0.2) is 17.5 Å². The molecule has 0 spiro atoms. The van der Waals surface area contributed by atoms with Gasteiger partial charge in [-0.05, 0) is 123 Å². The van der Waals surface area contributed by atoms with Crippen molar-refractivity contribution in [1.82, 2.24) is 24.1 Å². The summed E-state index contributed by atoms with van der Waals surface area (Å²) in [5, 5.41) is 4.93. The Morgan fingerprint density at radius 3 is 0.919 bits per heavy atom. The summed E-state index contributed by atoms with van der Waals surface area (Å²) in [6.07, 6.45) is 0.